The van der Waals surface area contributed by atoms with Gasteiger partial charge in [-0.1, -0.05) is 12.1 Å². The number of hydrogen-bond acceptors (Lipinski definition) is 5. The molecule has 2 rings (SSSR count). The maximum Gasteiger partial charge on any atom is 0.217 e. The molecule has 0 aromatic heterocycles. The van der Waals surface area contributed by atoms with E-state index >= 15 is 0 Å². The van der Waals surface area contributed by atoms with Crippen molar-refractivity contribution >= 4 is 10.0 Å². The molecule has 0 amide bonds. The predicted molar refractivity (Wildman–Crippen MR) is 97.5 cm³/mol. The number of benzene rings is 1. The minimum Gasteiger partial charge on any atom is -0.378 e. The van der Waals surface area contributed by atoms with Gasteiger partial charge in [0, 0.05) is 26.2 Å². The van der Waals surface area contributed by atoms with Crippen molar-refractivity contribution in [2.75, 3.05) is 33.8 Å². The van der Waals surface area contributed by atoms with Crippen molar-refractivity contribution in [3.8, 4) is 6.07 Å². The zero-order chi connectivity index (χ0) is 18.4. The van der Waals surface area contributed by atoms with Gasteiger partial charge >= 0.3 is 0 Å². The Labute approximate surface area is 151 Å². The van der Waals surface area contributed by atoms with Crippen LogP contribution in [0.3, 0.4) is 0 Å². The van der Waals surface area contributed by atoms with Gasteiger partial charge in [0.1, 0.15) is 0 Å². The van der Waals surface area contributed by atoms with Crippen LogP contribution in [-0.2, 0) is 21.3 Å². The summed E-state index contributed by atoms with van der Waals surface area (Å²) >= 11 is 0. The molecule has 138 valence electrons. The van der Waals surface area contributed by atoms with Gasteiger partial charge in [-0.25, -0.2) is 8.42 Å². The molecule has 0 N–H and O–H groups in total. The van der Waals surface area contributed by atoms with E-state index in [-0.39, 0.29) is 12.6 Å². The summed E-state index contributed by atoms with van der Waals surface area (Å²) in [5.74, 6) is 0. The molecule has 0 spiro atoms. The molecule has 7 heteroatoms. The van der Waals surface area contributed by atoms with E-state index in [4.69, 9.17) is 10.00 Å². The molecule has 1 aliphatic heterocycles. The lowest BCUT2D eigenvalue weighted by Gasteiger charge is -2.32. The van der Waals surface area contributed by atoms with Crippen LogP contribution in [0.25, 0.3) is 0 Å². The van der Waals surface area contributed by atoms with Crippen LogP contribution in [0.1, 0.15) is 30.9 Å². The Balaban J connectivity index is 2.23. The first-order valence-electron chi connectivity index (χ1n) is 8.57. The Kier molecular flexibility index (Phi) is 6.96. The summed E-state index contributed by atoms with van der Waals surface area (Å²) in [6.45, 7) is 3.77. The fourth-order valence-corrected chi connectivity index (χ4v) is 4.98. The number of hydrogen-bond donors (Lipinski definition) is 0. The zero-order valence-electron chi connectivity index (χ0n) is 15.2. The van der Waals surface area contributed by atoms with E-state index in [0.717, 1.165) is 5.56 Å². The number of sulfonamides is 1. The van der Waals surface area contributed by atoms with Gasteiger partial charge in [0.15, 0.2) is 0 Å². The fourth-order valence-electron chi connectivity index (χ4n) is 2.99. The summed E-state index contributed by atoms with van der Waals surface area (Å²) in [4.78, 5) is 1.97. The minimum atomic E-state index is -3.43. The number of nitriles is 1. The monoisotopic (exact) mass is 365 g/mol. The molecule has 0 radical (unpaired) electrons. The van der Waals surface area contributed by atoms with Crippen LogP contribution in [0.2, 0.25) is 0 Å². The first-order chi connectivity index (χ1) is 11.8. The smallest absolute Gasteiger partial charge is 0.217 e. The third kappa shape index (κ3) is 5.51. The number of likely N-dealkylation sites (N-methyl/N-ethyl adjacent to an activating group) is 1. The largest absolute Gasteiger partial charge is 0.378 e. The second-order valence-corrected chi connectivity index (χ2v) is 9.03. The average molecular weight is 365 g/mol. The number of nitrogens with zero attached hydrogens (tertiary/aromatic N) is 3. The Hall–Kier alpha value is -1.46. The van der Waals surface area contributed by atoms with Crippen LogP contribution in [-0.4, -0.2) is 62.8 Å². The third-order valence-corrected chi connectivity index (χ3v) is 6.73. The minimum absolute atomic E-state index is 0.0360. The van der Waals surface area contributed by atoms with E-state index in [1.54, 1.807) is 22.5 Å². The highest BCUT2D eigenvalue weighted by Gasteiger charge is 2.35. The van der Waals surface area contributed by atoms with Gasteiger partial charge in [0.25, 0.3) is 0 Å². The van der Waals surface area contributed by atoms with Gasteiger partial charge in [-0.3, -0.25) is 0 Å². The van der Waals surface area contributed by atoms with E-state index in [2.05, 4.69) is 6.07 Å². The topological polar surface area (TPSA) is 73.6 Å². The van der Waals surface area contributed by atoms with Crippen LogP contribution in [0.15, 0.2) is 24.3 Å². The van der Waals surface area contributed by atoms with Crippen molar-refractivity contribution in [2.24, 2.45) is 0 Å². The molecule has 2 unspecified atom stereocenters. The molecule has 1 aliphatic rings. The lowest BCUT2D eigenvalue weighted by molar-refractivity contribution is 0.0292. The number of rotatable bonds is 7. The Bertz CT molecular complexity index is 713. The lowest BCUT2D eigenvalue weighted by atomic mass is 10.1. The van der Waals surface area contributed by atoms with Crippen LogP contribution in [0, 0.1) is 11.3 Å². The predicted octanol–water partition coefficient (Wildman–Crippen LogP) is 1.82. The van der Waals surface area contributed by atoms with Crippen molar-refractivity contribution in [1.29, 1.82) is 5.26 Å². The van der Waals surface area contributed by atoms with Gasteiger partial charge in [0.05, 0.1) is 23.0 Å². The number of ether oxygens (including phenoxy) is 1. The van der Waals surface area contributed by atoms with Crippen LogP contribution < -0.4 is 0 Å². The highest BCUT2D eigenvalue weighted by atomic mass is 32.2. The summed E-state index contributed by atoms with van der Waals surface area (Å²) in [6, 6.07) is 9.24. The van der Waals surface area contributed by atoms with Crippen molar-refractivity contribution < 1.29 is 13.2 Å². The molecule has 0 saturated carbocycles. The second kappa shape index (κ2) is 8.77. The molecule has 1 aromatic carbocycles. The Morgan fingerprint density at radius 1 is 1.32 bits per heavy atom. The molecular formula is C18H27N3O3S. The molecule has 0 bridgehead atoms. The fraction of sp³-hybridized carbons (Fsp3) is 0.611. The Morgan fingerprint density at radius 2 is 2.08 bits per heavy atom. The highest BCUT2D eigenvalue weighted by molar-refractivity contribution is 7.89. The van der Waals surface area contributed by atoms with Gasteiger partial charge in [0.2, 0.25) is 10.0 Å². The molecule has 1 heterocycles. The van der Waals surface area contributed by atoms with E-state index < -0.39 is 15.3 Å². The van der Waals surface area contributed by atoms with Gasteiger partial charge < -0.3 is 9.64 Å². The van der Waals surface area contributed by atoms with E-state index in [0.29, 0.717) is 38.1 Å². The first-order valence-corrected chi connectivity index (χ1v) is 10.1. The van der Waals surface area contributed by atoms with E-state index in [1.807, 2.05) is 32.0 Å². The summed E-state index contributed by atoms with van der Waals surface area (Å²) in [6.07, 6.45) is 1.02. The SMILES string of the molecule is CC1CC(S(=O)(=O)N(CCN(C)C)Cc2cccc(C#N)c2)CCO1. The average Bonchev–Trinajstić information content (AvgIpc) is 2.58. The van der Waals surface area contributed by atoms with Crippen molar-refractivity contribution in [1.82, 2.24) is 9.21 Å². The molecule has 0 aliphatic carbocycles. The first kappa shape index (κ1) is 19.9. The van der Waals surface area contributed by atoms with Gasteiger partial charge in [-0.2, -0.15) is 9.57 Å². The normalized spacial score (nSPS) is 21.4. The summed E-state index contributed by atoms with van der Waals surface area (Å²) in [5.41, 5.74) is 1.38. The van der Waals surface area contributed by atoms with Crippen LogP contribution >= 0.6 is 0 Å². The maximum atomic E-state index is 13.2. The molecule has 25 heavy (non-hydrogen) atoms. The summed E-state index contributed by atoms with van der Waals surface area (Å²) in [5, 5.41) is 8.66. The van der Waals surface area contributed by atoms with E-state index in [1.165, 1.54) is 0 Å². The summed E-state index contributed by atoms with van der Waals surface area (Å²) < 4.78 is 33.4. The molecule has 1 saturated heterocycles. The highest BCUT2D eigenvalue weighted by Crippen LogP contribution is 2.24. The third-order valence-electron chi connectivity index (χ3n) is 4.43. The quantitative estimate of drug-likeness (QED) is 0.737. The zero-order valence-corrected chi connectivity index (χ0v) is 16.0. The second-order valence-electron chi connectivity index (χ2n) is 6.82. The Morgan fingerprint density at radius 3 is 2.72 bits per heavy atom. The molecule has 2 atom stereocenters. The van der Waals surface area contributed by atoms with Crippen LogP contribution in [0.5, 0.6) is 0 Å². The standard InChI is InChI=1S/C18H27N3O3S/c1-15-11-18(7-10-24-15)25(22,23)21(9-8-20(2)3)14-17-6-4-5-16(12-17)13-19/h4-6,12,15,18H,7-11,14H2,1-3H3. The lowest BCUT2D eigenvalue weighted by Crippen LogP contribution is -2.44. The van der Waals surface area contributed by atoms with Crippen LogP contribution in [0.4, 0.5) is 0 Å². The van der Waals surface area contributed by atoms with Crippen molar-refractivity contribution in [2.45, 2.75) is 37.7 Å². The van der Waals surface area contributed by atoms with Gasteiger partial charge in [-0.05, 0) is 51.6 Å². The molecular weight excluding hydrogens is 338 g/mol. The molecule has 1 fully saturated rings. The van der Waals surface area contributed by atoms with Gasteiger partial charge in [-0.15, -0.1) is 0 Å². The summed E-state index contributed by atoms with van der Waals surface area (Å²) in [7, 11) is 0.430. The van der Waals surface area contributed by atoms with Crippen molar-refractivity contribution in [3.63, 3.8) is 0 Å². The van der Waals surface area contributed by atoms with Crippen molar-refractivity contribution in [3.05, 3.63) is 35.4 Å². The maximum absolute atomic E-state index is 13.2. The molecule has 1 aromatic rings. The molecule has 6 nitrogen and oxygen atoms in total. The van der Waals surface area contributed by atoms with E-state index in [9.17, 15) is 8.42 Å².